The van der Waals surface area contributed by atoms with E-state index in [1.807, 2.05) is 0 Å². The highest BCUT2D eigenvalue weighted by Gasteiger charge is 2.37. The van der Waals surface area contributed by atoms with Crippen LogP contribution in [0.15, 0.2) is 24.3 Å². The van der Waals surface area contributed by atoms with Crippen LogP contribution >= 0.6 is 0 Å². The van der Waals surface area contributed by atoms with E-state index in [9.17, 15) is 0 Å². The molecule has 1 saturated heterocycles. The van der Waals surface area contributed by atoms with Crippen LogP contribution in [0.25, 0.3) is 0 Å². The quantitative estimate of drug-likeness (QED) is 0.456. The van der Waals surface area contributed by atoms with Crippen molar-refractivity contribution in [3.8, 4) is 5.75 Å². The summed E-state index contributed by atoms with van der Waals surface area (Å²) in [4.78, 5) is 0. The zero-order valence-corrected chi connectivity index (χ0v) is 19.1. The third-order valence-corrected chi connectivity index (χ3v) is 6.05. The molecular formula is C25H43NO2. The topological polar surface area (TPSA) is 30.5 Å². The fourth-order valence-corrected chi connectivity index (χ4v) is 4.16. The van der Waals surface area contributed by atoms with E-state index in [1.54, 1.807) is 0 Å². The van der Waals surface area contributed by atoms with Crippen molar-refractivity contribution in [2.75, 3.05) is 13.2 Å². The van der Waals surface area contributed by atoms with Gasteiger partial charge in [0.15, 0.2) is 0 Å². The second-order valence-electron chi connectivity index (χ2n) is 9.78. The fourth-order valence-electron chi connectivity index (χ4n) is 4.16. The van der Waals surface area contributed by atoms with E-state index in [2.05, 4.69) is 71.1 Å². The van der Waals surface area contributed by atoms with Crippen LogP contribution in [0.4, 0.5) is 0 Å². The SMILES string of the molecule is CC(C)CC[C@@]1(CCNCc2ccc(OC(C)C)cc2)CCO[C@H](C(C)C)C1. The van der Waals surface area contributed by atoms with E-state index in [0.29, 0.717) is 17.4 Å². The van der Waals surface area contributed by atoms with Crippen molar-refractivity contribution in [3.05, 3.63) is 29.8 Å². The molecule has 2 rings (SSSR count). The van der Waals surface area contributed by atoms with Gasteiger partial charge in [0.05, 0.1) is 12.2 Å². The third-order valence-electron chi connectivity index (χ3n) is 6.05. The van der Waals surface area contributed by atoms with Crippen molar-refractivity contribution in [3.63, 3.8) is 0 Å². The summed E-state index contributed by atoms with van der Waals surface area (Å²) < 4.78 is 11.8. The highest BCUT2D eigenvalue weighted by atomic mass is 16.5. The molecule has 1 heterocycles. The Bertz CT molecular complexity index is 552. The van der Waals surface area contributed by atoms with Crippen LogP contribution in [0.2, 0.25) is 0 Å². The van der Waals surface area contributed by atoms with Gasteiger partial charge in [-0.05, 0) is 81.0 Å². The zero-order valence-electron chi connectivity index (χ0n) is 19.1. The van der Waals surface area contributed by atoms with E-state index >= 15 is 0 Å². The first-order valence-corrected chi connectivity index (χ1v) is 11.4. The molecule has 0 aliphatic carbocycles. The van der Waals surface area contributed by atoms with Gasteiger partial charge < -0.3 is 14.8 Å². The van der Waals surface area contributed by atoms with Crippen LogP contribution < -0.4 is 10.1 Å². The lowest BCUT2D eigenvalue weighted by molar-refractivity contribution is -0.0761. The molecule has 3 heteroatoms. The van der Waals surface area contributed by atoms with Gasteiger partial charge >= 0.3 is 0 Å². The van der Waals surface area contributed by atoms with E-state index in [-0.39, 0.29) is 6.10 Å². The first-order valence-electron chi connectivity index (χ1n) is 11.4. The van der Waals surface area contributed by atoms with E-state index in [4.69, 9.17) is 9.47 Å². The van der Waals surface area contributed by atoms with Crippen LogP contribution in [0.3, 0.4) is 0 Å². The van der Waals surface area contributed by atoms with Crippen LogP contribution in [0, 0.1) is 17.3 Å². The fraction of sp³-hybridized carbons (Fsp3) is 0.760. The van der Waals surface area contributed by atoms with Gasteiger partial charge in [-0.2, -0.15) is 0 Å². The van der Waals surface area contributed by atoms with Gasteiger partial charge in [-0.3, -0.25) is 0 Å². The molecule has 160 valence electrons. The Morgan fingerprint density at radius 2 is 1.79 bits per heavy atom. The summed E-state index contributed by atoms with van der Waals surface area (Å²) in [5.41, 5.74) is 1.76. The smallest absolute Gasteiger partial charge is 0.119 e. The lowest BCUT2D eigenvalue weighted by atomic mass is 9.69. The van der Waals surface area contributed by atoms with Gasteiger partial charge in [0, 0.05) is 13.2 Å². The molecule has 0 spiro atoms. The van der Waals surface area contributed by atoms with Crippen molar-refractivity contribution < 1.29 is 9.47 Å². The normalized spacial score (nSPS) is 23.0. The Morgan fingerprint density at radius 3 is 2.39 bits per heavy atom. The summed E-state index contributed by atoms with van der Waals surface area (Å²) in [7, 11) is 0. The summed E-state index contributed by atoms with van der Waals surface area (Å²) in [5.74, 6) is 2.34. The summed E-state index contributed by atoms with van der Waals surface area (Å²) in [6, 6.07) is 8.49. The average molecular weight is 390 g/mol. The largest absolute Gasteiger partial charge is 0.491 e. The minimum absolute atomic E-state index is 0.222. The first-order chi connectivity index (χ1) is 13.3. The predicted octanol–water partition coefficient (Wildman–Crippen LogP) is 6.21. The number of rotatable bonds is 11. The minimum Gasteiger partial charge on any atom is -0.491 e. The molecule has 1 aromatic rings. The second kappa shape index (κ2) is 11.2. The molecule has 1 N–H and O–H groups in total. The highest BCUT2D eigenvalue weighted by Crippen LogP contribution is 2.43. The predicted molar refractivity (Wildman–Crippen MR) is 119 cm³/mol. The van der Waals surface area contributed by atoms with Crippen molar-refractivity contribution in [2.24, 2.45) is 17.3 Å². The van der Waals surface area contributed by atoms with Gasteiger partial charge in [-0.15, -0.1) is 0 Å². The van der Waals surface area contributed by atoms with Gasteiger partial charge in [0.1, 0.15) is 5.75 Å². The Balaban J connectivity index is 1.85. The third kappa shape index (κ3) is 7.75. The van der Waals surface area contributed by atoms with Crippen LogP contribution in [0.1, 0.15) is 79.2 Å². The van der Waals surface area contributed by atoms with Crippen molar-refractivity contribution >= 4 is 0 Å². The van der Waals surface area contributed by atoms with Crippen molar-refractivity contribution in [1.29, 1.82) is 0 Å². The molecule has 2 atom stereocenters. The van der Waals surface area contributed by atoms with Crippen LogP contribution in [-0.2, 0) is 11.3 Å². The van der Waals surface area contributed by atoms with E-state index < -0.39 is 0 Å². The van der Waals surface area contributed by atoms with Gasteiger partial charge in [0.2, 0.25) is 0 Å². The Hall–Kier alpha value is -1.06. The summed E-state index contributed by atoms with van der Waals surface area (Å²) in [5, 5.41) is 3.68. The van der Waals surface area contributed by atoms with Crippen LogP contribution in [0.5, 0.6) is 5.75 Å². The molecule has 0 aromatic heterocycles. The average Bonchev–Trinajstić information content (AvgIpc) is 2.65. The number of hydrogen-bond acceptors (Lipinski definition) is 3. The molecule has 0 radical (unpaired) electrons. The number of hydrogen-bond donors (Lipinski definition) is 1. The number of benzene rings is 1. The number of ether oxygens (including phenoxy) is 2. The molecule has 0 amide bonds. The Kier molecular flexibility index (Phi) is 9.30. The molecule has 1 aliphatic heterocycles. The molecule has 0 unspecified atom stereocenters. The number of nitrogens with one attached hydrogen (secondary N) is 1. The minimum atomic E-state index is 0.222. The maximum absolute atomic E-state index is 6.08. The Morgan fingerprint density at radius 1 is 1.07 bits per heavy atom. The van der Waals surface area contributed by atoms with Crippen molar-refractivity contribution in [1.82, 2.24) is 5.32 Å². The summed E-state index contributed by atoms with van der Waals surface area (Å²) in [6.07, 6.45) is 6.99. The lowest BCUT2D eigenvalue weighted by Crippen LogP contribution is -2.39. The van der Waals surface area contributed by atoms with E-state index in [0.717, 1.165) is 31.4 Å². The van der Waals surface area contributed by atoms with Crippen LogP contribution in [-0.4, -0.2) is 25.4 Å². The zero-order chi connectivity index (χ0) is 20.6. The molecule has 0 bridgehead atoms. The lowest BCUT2D eigenvalue weighted by Gasteiger charge is -2.43. The monoisotopic (exact) mass is 389 g/mol. The Labute approximate surface area is 173 Å². The molecule has 28 heavy (non-hydrogen) atoms. The standard InChI is InChI=1S/C25H43NO2/c1-19(2)11-12-25(14-16-27-24(17-25)20(3)4)13-15-26-18-22-7-9-23(10-8-22)28-21(5)6/h7-10,19-21,24,26H,11-18H2,1-6H3/t24-,25+/m0/s1. The molecule has 0 saturated carbocycles. The molecule has 1 aliphatic rings. The first kappa shape index (κ1) is 23.2. The molecule has 1 aromatic carbocycles. The van der Waals surface area contributed by atoms with Crippen molar-refractivity contribution in [2.45, 2.75) is 92.4 Å². The second-order valence-corrected chi connectivity index (χ2v) is 9.78. The van der Waals surface area contributed by atoms with E-state index in [1.165, 1.54) is 37.7 Å². The molecular weight excluding hydrogens is 346 g/mol. The van der Waals surface area contributed by atoms with Gasteiger partial charge in [-0.25, -0.2) is 0 Å². The van der Waals surface area contributed by atoms with Gasteiger partial charge in [-0.1, -0.05) is 46.2 Å². The van der Waals surface area contributed by atoms with Gasteiger partial charge in [0.25, 0.3) is 0 Å². The molecule has 3 nitrogen and oxygen atoms in total. The summed E-state index contributed by atoms with van der Waals surface area (Å²) >= 11 is 0. The summed E-state index contributed by atoms with van der Waals surface area (Å²) in [6.45, 7) is 16.3. The maximum atomic E-state index is 6.08. The molecule has 1 fully saturated rings. The maximum Gasteiger partial charge on any atom is 0.119 e. The highest BCUT2D eigenvalue weighted by molar-refractivity contribution is 5.27.